The smallest absolute Gasteiger partial charge is 0.166 e. The molecule has 4 rings (SSSR count). The Morgan fingerprint density at radius 3 is 3.09 bits per heavy atom. The van der Waals surface area contributed by atoms with Crippen molar-refractivity contribution < 1.29 is 9.47 Å². The van der Waals surface area contributed by atoms with Crippen LogP contribution in [-0.4, -0.2) is 36.2 Å². The van der Waals surface area contributed by atoms with Crippen LogP contribution in [0.1, 0.15) is 35.1 Å². The first-order chi connectivity index (χ1) is 11.3. The second-order valence-electron chi connectivity index (χ2n) is 6.17. The van der Waals surface area contributed by atoms with E-state index in [9.17, 15) is 0 Å². The zero-order chi connectivity index (χ0) is 15.6. The van der Waals surface area contributed by atoms with Crippen molar-refractivity contribution in [1.82, 2.24) is 9.88 Å². The van der Waals surface area contributed by atoms with Crippen molar-refractivity contribution in [2.75, 3.05) is 26.3 Å². The highest BCUT2D eigenvalue weighted by molar-refractivity contribution is 7.09. The number of aromatic nitrogens is 1. The Labute approximate surface area is 141 Å². The van der Waals surface area contributed by atoms with Crippen LogP contribution in [0.15, 0.2) is 23.6 Å². The monoisotopic (exact) mass is 330 g/mol. The topological polar surface area (TPSA) is 34.6 Å². The van der Waals surface area contributed by atoms with Crippen molar-refractivity contribution in [3.8, 4) is 11.5 Å². The van der Waals surface area contributed by atoms with Crippen LogP contribution >= 0.6 is 11.3 Å². The Morgan fingerprint density at radius 1 is 1.30 bits per heavy atom. The van der Waals surface area contributed by atoms with Gasteiger partial charge in [0.1, 0.15) is 13.2 Å². The van der Waals surface area contributed by atoms with Gasteiger partial charge in [-0.15, -0.1) is 11.3 Å². The Bertz CT molecular complexity index is 685. The fourth-order valence-corrected chi connectivity index (χ4v) is 4.23. The van der Waals surface area contributed by atoms with Gasteiger partial charge in [0.15, 0.2) is 11.5 Å². The molecule has 4 nitrogen and oxygen atoms in total. The number of likely N-dealkylation sites (tertiary alicyclic amines) is 1. The summed E-state index contributed by atoms with van der Waals surface area (Å²) in [6, 6.07) is 6.73. The van der Waals surface area contributed by atoms with E-state index in [2.05, 4.69) is 34.3 Å². The van der Waals surface area contributed by atoms with Crippen LogP contribution in [0.4, 0.5) is 0 Å². The first kappa shape index (κ1) is 15.0. The van der Waals surface area contributed by atoms with Crippen LogP contribution in [-0.2, 0) is 6.42 Å². The van der Waals surface area contributed by atoms with Crippen molar-refractivity contribution in [3.63, 3.8) is 0 Å². The Kier molecular flexibility index (Phi) is 4.23. The number of ether oxygens (including phenoxy) is 2. The molecule has 2 aliphatic rings. The Morgan fingerprint density at radius 2 is 2.22 bits per heavy atom. The maximum atomic E-state index is 5.92. The van der Waals surface area contributed by atoms with Crippen LogP contribution in [0.3, 0.4) is 0 Å². The lowest BCUT2D eigenvalue weighted by molar-refractivity contribution is 0.164. The number of hydrogen-bond acceptors (Lipinski definition) is 5. The average Bonchev–Trinajstić information content (AvgIpc) is 3.21. The fraction of sp³-hybridized carbons (Fsp3) is 0.500. The number of para-hydroxylation sites is 1. The largest absolute Gasteiger partial charge is 0.486 e. The van der Waals surface area contributed by atoms with Crippen molar-refractivity contribution in [2.24, 2.45) is 0 Å². The van der Waals surface area contributed by atoms with Crippen LogP contribution in [0.25, 0.3) is 0 Å². The Balaban J connectivity index is 1.51. The molecule has 1 aromatic heterocycles. The van der Waals surface area contributed by atoms with E-state index in [4.69, 9.17) is 9.47 Å². The van der Waals surface area contributed by atoms with Gasteiger partial charge in [-0.1, -0.05) is 12.1 Å². The molecule has 0 radical (unpaired) electrons. The van der Waals surface area contributed by atoms with Gasteiger partial charge in [0.25, 0.3) is 0 Å². The number of benzene rings is 1. The minimum atomic E-state index is 0.436. The molecule has 5 heteroatoms. The van der Waals surface area contributed by atoms with Gasteiger partial charge in [-0.2, -0.15) is 0 Å². The molecule has 0 aliphatic carbocycles. The summed E-state index contributed by atoms with van der Waals surface area (Å²) in [7, 11) is 0. The zero-order valence-electron chi connectivity index (χ0n) is 13.5. The summed E-state index contributed by atoms with van der Waals surface area (Å²) in [5, 5.41) is 3.34. The predicted octanol–water partition coefficient (Wildman–Crippen LogP) is 3.60. The van der Waals surface area contributed by atoms with E-state index in [0.717, 1.165) is 36.0 Å². The normalized spacial score (nSPS) is 20.8. The third-order valence-corrected chi connectivity index (χ3v) is 5.46. The van der Waals surface area contributed by atoms with E-state index < -0.39 is 0 Å². The quantitative estimate of drug-likeness (QED) is 0.858. The minimum absolute atomic E-state index is 0.436. The van der Waals surface area contributed by atoms with Crippen LogP contribution in [0.2, 0.25) is 0 Å². The molecule has 3 heterocycles. The number of aryl methyl sites for hydroxylation is 1. The predicted molar refractivity (Wildman–Crippen MR) is 91.5 cm³/mol. The molecule has 0 amide bonds. The molecule has 1 saturated heterocycles. The summed E-state index contributed by atoms with van der Waals surface area (Å²) in [4.78, 5) is 7.16. The third kappa shape index (κ3) is 3.08. The van der Waals surface area contributed by atoms with E-state index in [0.29, 0.717) is 19.3 Å². The highest BCUT2D eigenvalue weighted by Crippen LogP contribution is 2.42. The first-order valence-electron chi connectivity index (χ1n) is 8.35. The lowest BCUT2D eigenvalue weighted by Crippen LogP contribution is -2.27. The van der Waals surface area contributed by atoms with Gasteiger partial charge >= 0.3 is 0 Å². The van der Waals surface area contributed by atoms with Crippen LogP contribution < -0.4 is 9.47 Å². The molecule has 1 atom stereocenters. The number of thiazole rings is 1. The zero-order valence-corrected chi connectivity index (χ0v) is 14.3. The van der Waals surface area contributed by atoms with Gasteiger partial charge in [-0.05, 0) is 32.4 Å². The molecule has 1 aromatic carbocycles. The molecule has 1 fully saturated rings. The number of nitrogens with zero attached hydrogens (tertiary/aromatic N) is 2. The van der Waals surface area contributed by atoms with Crippen molar-refractivity contribution in [2.45, 2.75) is 32.2 Å². The summed E-state index contributed by atoms with van der Waals surface area (Å²) in [5.74, 6) is 1.86. The van der Waals surface area contributed by atoms with Gasteiger partial charge in [-0.25, -0.2) is 4.98 Å². The van der Waals surface area contributed by atoms with E-state index in [-0.39, 0.29) is 0 Å². The van der Waals surface area contributed by atoms with Gasteiger partial charge < -0.3 is 9.47 Å². The SMILES string of the molecule is Cc1nc(CCN2CCCC2c2cccc3c2OCCO3)cs1. The second kappa shape index (κ2) is 6.49. The maximum Gasteiger partial charge on any atom is 0.166 e. The van der Waals surface area contributed by atoms with Crippen LogP contribution in [0.5, 0.6) is 11.5 Å². The molecule has 1 unspecified atom stereocenters. The molecule has 2 aromatic rings. The summed E-state index contributed by atoms with van der Waals surface area (Å²) in [6.45, 7) is 5.57. The molecule has 0 saturated carbocycles. The van der Waals surface area contributed by atoms with Crippen LogP contribution in [0, 0.1) is 6.92 Å². The van der Waals surface area contributed by atoms with Gasteiger partial charge in [0, 0.05) is 30.0 Å². The fourth-order valence-electron chi connectivity index (χ4n) is 3.59. The molecule has 23 heavy (non-hydrogen) atoms. The standard InChI is InChI=1S/C18H22N2O2S/c1-13-19-14(12-23-13)7-9-20-8-3-5-16(20)15-4-2-6-17-18(15)22-11-10-21-17/h2,4,6,12,16H,3,5,7-11H2,1H3. The van der Waals surface area contributed by atoms with Crippen molar-refractivity contribution in [1.29, 1.82) is 0 Å². The third-order valence-electron chi connectivity index (χ3n) is 4.64. The summed E-state index contributed by atoms with van der Waals surface area (Å²) in [6.07, 6.45) is 3.45. The van der Waals surface area contributed by atoms with Gasteiger partial charge in [0.05, 0.1) is 10.7 Å². The van der Waals surface area contributed by atoms with E-state index in [1.54, 1.807) is 11.3 Å². The molecule has 0 bridgehead atoms. The van der Waals surface area contributed by atoms with Gasteiger partial charge in [-0.3, -0.25) is 4.90 Å². The second-order valence-corrected chi connectivity index (χ2v) is 7.24. The molecule has 122 valence electrons. The molecule has 0 N–H and O–H groups in total. The molecule has 0 spiro atoms. The number of hydrogen-bond donors (Lipinski definition) is 0. The summed E-state index contributed by atoms with van der Waals surface area (Å²) >= 11 is 1.74. The summed E-state index contributed by atoms with van der Waals surface area (Å²) < 4.78 is 11.7. The molecular formula is C18H22N2O2S. The highest BCUT2D eigenvalue weighted by Gasteiger charge is 2.30. The first-order valence-corrected chi connectivity index (χ1v) is 9.23. The van der Waals surface area contributed by atoms with E-state index in [1.165, 1.54) is 24.1 Å². The van der Waals surface area contributed by atoms with E-state index >= 15 is 0 Å². The summed E-state index contributed by atoms with van der Waals surface area (Å²) in [5.41, 5.74) is 2.50. The average molecular weight is 330 g/mol. The highest BCUT2D eigenvalue weighted by atomic mass is 32.1. The molecular weight excluding hydrogens is 308 g/mol. The minimum Gasteiger partial charge on any atom is -0.486 e. The van der Waals surface area contributed by atoms with Gasteiger partial charge in [0.2, 0.25) is 0 Å². The Hall–Kier alpha value is -1.59. The maximum absolute atomic E-state index is 5.92. The molecule has 2 aliphatic heterocycles. The van der Waals surface area contributed by atoms with Crippen molar-refractivity contribution in [3.05, 3.63) is 39.8 Å². The number of fused-ring (bicyclic) bond motifs is 1. The number of rotatable bonds is 4. The lowest BCUT2D eigenvalue weighted by atomic mass is 10.0. The lowest BCUT2D eigenvalue weighted by Gasteiger charge is -2.28. The van der Waals surface area contributed by atoms with Crippen molar-refractivity contribution >= 4 is 11.3 Å². The van der Waals surface area contributed by atoms with E-state index in [1.807, 2.05) is 6.07 Å².